The summed E-state index contributed by atoms with van der Waals surface area (Å²) in [5.41, 5.74) is 3.86. The Labute approximate surface area is 209 Å². The maximum Gasteiger partial charge on any atom is 0.254 e. The molecule has 0 bridgehead atoms. The summed E-state index contributed by atoms with van der Waals surface area (Å²) in [5.74, 6) is 1.01. The smallest absolute Gasteiger partial charge is 0.254 e. The van der Waals surface area contributed by atoms with Gasteiger partial charge in [0.25, 0.3) is 5.91 Å². The third-order valence-electron chi connectivity index (χ3n) is 7.25. The van der Waals surface area contributed by atoms with Gasteiger partial charge in [0.1, 0.15) is 5.82 Å². The molecular formula is C28H30N4O2S. The molecule has 4 heterocycles. The molecule has 7 heteroatoms. The Morgan fingerprint density at radius 3 is 2.63 bits per heavy atom. The van der Waals surface area contributed by atoms with Crippen LogP contribution in [0.2, 0.25) is 0 Å². The predicted molar refractivity (Wildman–Crippen MR) is 141 cm³/mol. The van der Waals surface area contributed by atoms with Gasteiger partial charge in [-0.05, 0) is 67.6 Å². The molecule has 2 aliphatic rings. The molecule has 6 rings (SSSR count). The summed E-state index contributed by atoms with van der Waals surface area (Å²) < 4.78 is 0. The van der Waals surface area contributed by atoms with Gasteiger partial charge in [-0.2, -0.15) is 0 Å². The predicted octanol–water partition coefficient (Wildman–Crippen LogP) is 5.02. The van der Waals surface area contributed by atoms with Crippen LogP contribution in [0.4, 0.5) is 0 Å². The monoisotopic (exact) mass is 486 g/mol. The molecule has 1 amide bonds. The van der Waals surface area contributed by atoms with E-state index in [1.54, 1.807) is 11.3 Å². The number of imidazole rings is 1. The first-order chi connectivity index (χ1) is 17.1. The van der Waals surface area contributed by atoms with Crippen LogP contribution in [0.15, 0.2) is 60.7 Å². The molecule has 2 unspecified atom stereocenters. The summed E-state index contributed by atoms with van der Waals surface area (Å²) in [6.07, 6.45) is 3.87. The lowest BCUT2D eigenvalue weighted by Crippen LogP contribution is -2.49. The third kappa shape index (κ3) is 4.63. The van der Waals surface area contributed by atoms with Crippen molar-refractivity contribution in [2.24, 2.45) is 0 Å². The summed E-state index contributed by atoms with van der Waals surface area (Å²) >= 11 is 1.70. The van der Waals surface area contributed by atoms with Crippen molar-refractivity contribution >= 4 is 28.3 Å². The van der Waals surface area contributed by atoms with Crippen molar-refractivity contribution < 1.29 is 9.90 Å². The summed E-state index contributed by atoms with van der Waals surface area (Å²) in [6, 6.07) is 20.5. The molecule has 6 nitrogen and oxygen atoms in total. The zero-order valence-corrected chi connectivity index (χ0v) is 20.5. The summed E-state index contributed by atoms with van der Waals surface area (Å²) in [5, 5.41) is 9.87. The Morgan fingerprint density at radius 2 is 1.83 bits per heavy atom. The van der Waals surface area contributed by atoms with Gasteiger partial charge in [-0.25, -0.2) is 4.98 Å². The summed E-state index contributed by atoms with van der Waals surface area (Å²) in [7, 11) is 0. The zero-order chi connectivity index (χ0) is 23.8. The Bertz CT molecular complexity index is 1300. The van der Waals surface area contributed by atoms with Crippen molar-refractivity contribution in [3.63, 3.8) is 0 Å². The second kappa shape index (κ2) is 9.57. The number of β-amino-alcohol motifs (C(OH)–C–C–N with tert-alkyl or cyclic N) is 1. The number of hydrogen-bond donors (Lipinski definition) is 2. The van der Waals surface area contributed by atoms with Crippen molar-refractivity contribution in [2.45, 2.75) is 37.8 Å². The molecule has 0 spiro atoms. The number of likely N-dealkylation sites (tertiary alicyclic amines) is 2. The van der Waals surface area contributed by atoms with E-state index in [9.17, 15) is 9.90 Å². The molecule has 2 atom stereocenters. The van der Waals surface area contributed by atoms with E-state index >= 15 is 0 Å². The molecule has 2 N–H and O–H groups in total. The summed E-state index contributed by atoms with van der Waals surface area (Å²) in [4.78, 5) is 28.2. The van der Waals surface area contributed by atoms with Gasteiger partial charge in [0.2, 0.25) is 0 Å². The van der Waals surface area contributed by atoms with Crippen LogP contribution in [0.3, 0.4) is 0 Å². The molecule has 4 aromatic rings. The SMILES string of the molecule is O=C(c1ccc(-c2ccc(-c3nc4ccccc4[nH]3)s2)cc1)N1CCCCC1CN1CCC(O)C1. The number of para-hydroxylation sites is 2. The third-order valence-corrected chi connectivity index (χ3v) is 8.39. The van der Waals surface area contributed by atoms with E-state index in [0.29, 0.717) is 0 Å². The van der Waals surface area contributed by atoms with Gasteiger partial charge >= 0.3 is 0 Å². The fourth-order valence-electron chi connectivity index (χ4n) is 5.37. The van der Waals surface area contributed by atoms with E-state index in [2.05, 4.69) is 39.0 Å². The maximum atomic E-state index is 13.4. The largest absolute Gasteiger partial charge is 0.392 e. The number of carbonyl (C=O) groups excluding carboxylic acids is 1. The van der Waals surface area contributed by atoms with Gasteiger partial charge in [0.15, 0.2) is 0 Å². The van der Waals surface area contributed by atoms with Gasteiger partial charge in [-0.3, -0.25) is 9.69 Å². The first-order valence-corrected chi connectivity index (χ1v) is 13.3. The lowest BCUT2D eigenvalue weighted by Gasteiger charge is -2.38. The van der Waals surface area contributed by atoms with E-state index < -0.39 is 0 Å². The Kier molecular flexibility index (Phi) is 6.14. The number of nitrogens with one attached hydrogen (secondary N) is 1. The van der Waals surface area contributed by atoms with Crippen molar-refractivity contribution in [3.05, 3.63) is 66.2 Å². The topological polar surface area (TPSA) is 72.5 Å². The number of aliphatic hydroxyl groups excluding tert-OH is 1. The number of fused-ring (bicyclic) bond motifs is 1. The highest BCUT2D eigenvalue weighted by Crippen LogP contribution is 2.34. The van der Waals surface area contributed by atoms with Crippen molar-refractivity contribution in [1.29, 1.82) is 0 Å². The number of nitrogens with zero attached hydrogens (tertiary/aromatic N) is 3. The molecule has 2 aromatic heterocycles. The number of aromatic amines is 1. The van der Waals surface area contributed by atoms with E-state index in [1.807, 2.05) is 36.4 Å². The highest BCUT2D eigenvalue weighted by molar-refractivity contribution is 7.18. The van der Waals surface area contributed by atoms with Crippen molar-refractivity contribution in [3.8, 4) is 21.1 Å². The number of piperidine rings is 1. The fourth-order valence-corrected chi connectivity index (χ4v) is 6.32. The van der Waals surface area contributed by atoms with Crippen LogP contribution in [0.5, 0.6) is 0 Å². The van der Waals surface area contributed by atoms with Gasteiger partial charge in [0.05, 0.1) is 22.0 Å². The Balaban J connectivity index is 1.17. The standard InChI is InChI=1S/C28H30N4O2S/c33-22-14-16-31(18-22)17-21-5-3-4-15-32(21)28(34)20-10-8-19(9-11-20)25-12-13-26(35-25)27-29-23-6-1-2-7-24(23)30-27/h1-2,6-13,21-22,33H,3-5,14-18H2,(H,29,30). The number of H-pyrrole nitrogens is 1. The van der Waals surface area contributed by atoms with Crippen LogP contribution >= 0.6 is 11.3 Å². The number of thiophene rings is 1. The lowest BCUT2D eigenvalue weighted by molar-refractivity contribution is 0.0552. The first kappa shape index (κ1) is 22.5. The Morgan fingerprint density at radius 1 is 1.00 bits per heavy atom. The van der Waals surface area contributed by atoms with Crippen LogP contribution in [-0.4, -0.2) is 69.1 Å². The maximum absolute atomic E-state index is 13.4. The van der Waals surface area contributed by atoms with E-state index in [-0.39, 0.29) is 18.1 Å². The van der Waals surface area contributed by atoms with Gasteiger partial charge in [0, 0.05) is 42.7 Å². The van der Waals surface area contributed by atoms with Crippen LogP contribution in [0, 0.1) is 0 Å². The molecular weight excluding hydrogens is 456 g/mol. The highest BCUT2D eigenvalue weighted by atomic mass is 32.1. The molecule has 0 radical (unpaired) electrons. The van der Waals surface area contributed by atoms with Crippen molar-refractivity contribution in [2.75, 3.05) is 26.2 Å². The van der Waals surface area contributed by atoms with Gasteiger partial charge in [-0.15, -0.1) is 11.3 Å². The molecule has 2 saturated heterocycles. The minimum Gasteiger partial charge on any atom is -0.392 e. The normalized spacial score (nSPS) is 21.1. The van der Waals surface area contributed by atoms with Crippen LogP contribution in [0.25, 0.3) is 32.2 Å². The quantitative estimate of drug-likeness (QED) is 0.416. The highest BCUT2D eigenvalue weighted by Gasteiger charge is 2.31. The molecule has 0 saturated carbocycles. The molecule has 180 valence electrons. The zero-order valence-electron chi connectivity index (χ0n) is 19.7. The molecule has 2 aromatic carbocycles. The number of hydrogen-bond acceptors (Lipinski definition) is 5. The minimum absolute atomic E-state index is 0.120. The van der Waals surface area contributed by atoms with Gasteiger partial charge in [-0.1, -0.05) is 24.3 Å². The number of benzene rings is 2. The van der Waals surface area contributed by atoms with Crippen LogP contribution < -0.4 is 0 Å². The minimum atomic E-state index is -0.222. The number of aliphatic hydroxyl groups is 1. The van der Waals surface area contributed by atoms with Crippen molar-refractivity contribution in [1.82, 2.24) is 19.8 Å². The first-order valence-electron chi connectivity index (χ1n) is 12.5. The van der Waals surface area contributed by atoms with E-state index in [4.69, 9.17) is 4.98 Å². The van der Waals surface area contributed by atoms with Gasteiger partial charge < -0.3 is 15.0 Å². The number of amides is 1. The molecule has 0 aliphatic carbocycles. The average Bonchev–Trinajstić information content (AvgIpc) is 3.63. The Hall–Kier alpha value is -3.00. The lowest BCUT2D eigenvalue weighted by atomic mass is 10.00. The molecule has 2 aliphatic heterocycles. The second-order valence-corrected chi connectivity index (χ2v) is 10.8. The number of rotatable bonds is 5. The number of aromatic nitrogens is 2. The fraction of sp³-hybridized carbons (Fsp3) is 0.357. The van der Waals surface area contributed by atoms with E-state index in [0.717, 1.165) is 89.6 Å². The van der Waals surface area contributed by atoms with Crippen LogP contribution in [0.1, 0.15) is 36.0 Å². The van der Waals surface area contributed by atoms with Crippen LogP contribution in [-0.2, 0) is 0 Å². The molecule has 35 heavy (non-hydrogen) atoms. The number of carbonyl (C=O) groups is 1. The van der Waals surface area contributed by atoms with E-state index in [1.165, 1.54) is 0 Å². The average molecular weight is 487 g/mol. The molecule has 2 fully saturated rings. The second-order valence-electron chi connectivity index (χ2n) is 9.69. The summed E-state index contributed by atoms with van der Waals surface area (Å²) in [6.45, 7) is 3.32.